The number of hydrogen-bond acceptors (Lipinski definition) is 7. The van der Waals surface area contributed by atoms with Gasteiger partial charge >= 0.3 is 6.18 Å². The van der Waals surface area contributed by atoms with Gasteiger partial charge in [-0.2, -0.15) is 22.7 Å². The summed E-state index contributed by atoms with van der Waals surface area (Å²) in [6.45, 7) is 7.09. The first-order valence-corrected chi connectivity index (χ1v) is 14.4. The van der Waals surface area contributed by atoms with Crippen LogP contribution in [-0.2, 0) is 22.9 Å². The van der Waals surface area contributed by atoms with Crippen LogP contribution in [0, 0.1) is 13.8 Å². The minimum absolute atomic E-state index is 0.0317. The summed E-state index contributed by atoms with van der Waals surface area (Å²) in [5, 5.41) is 11.2. The number of carbonyl (C=O) groups is 1. The highest BCUT2D eigenvalue weighted by Crippen LogP contribution is 2.49. The summed E-state index contributed by atoms with van der Waals surface area (Å²) >= 11 is 7.52. The molecule has 0 saturated carbocycles. The molecule has 2 N–H and O–H groups in total. The number of hydrogen-bond donors (Lipinski definition) is 2. The van der Waals surface area contributed by atoms with Gasteiger partial charge in [-0.3, -0.25) is 9.59 Å². The Hall–Kier alpha value is -3.29. The molecule has 4 heterocycles. The molecule has 41 heavy (non-hydrogen) atoms. The molecule has 9 nitrogen and oxygen atoms in total. The number of nitrogens with one attached hydrogen (secondary N) is 2. The molecule has 1 atom stereocenters. The lowest BCUT2D eigenvalue weighted by Gasteiger charge is -2.34. The monoisotopic (exact) mass is 605 g/mol. The predicted molar refractivity (Wildman–Crippen MR) is 150 cm³/mol. The maximum absolute atomic E-state index is 14.1. The normalized spacial score (nSPS) is 18.3. The summed E-state index contributed by atoms with van der Waals surface area (Å²) in [5.74, 6) is 0.0181. The maximum atomic E-state index is 14.1. The molecule has 1 aromatic carbocycles. The van der Waals surface area contributed by atoms with Crippen molar-refractivity contribution in [2.75, 3.05) is 18.4 Å². The Balaban J connectivity index is 1.47. The highest BCUT2D eigenvalue weighted by molar-refractivity contribution is 7.15. The second-order valence-electron chi connectivity index (χ2n) is 10.8. The lowest BCUT2D eigenvalue weighted by Crippen LogP contribution is -2.42. The molecular formula is C27H27ClF3N7O2S. The van der Waals surface area contributed by atoms with Gasteiger partial charge in [0, 0.05) is 16.7 Å². The SMILES string of the molecule is Cc1nc(C)c(-c2nc3n(CC(=O)Nc4ccc(C(F)(F)F)cc4Cl)c4c(c(=O)n3n2)C2(CCNCC2)CC4C)s1. The Kier molecular flexibility index (Phi) is 6.74. The molecule has 216 valence electrons. The van der Waals surface area contributed by atoms with Gasteiger partial charge in [-0.25, -0.2) is 4.98 Å². The minimum Gasteiger partial charge on any atom is -0.323 e. The van der Waals surface area contributed by atoms with Crippen molar-refractivity contribution in [3.8, 4) is 10.7 Å². The smallest absolute Gasteiger partial charge is 0.323 e. The number of carbonyl (C=O) groups excluding carboxylic acids is 1. The van der Waals surface area contributed by atoms with Crippen LogP contribution in [0.3, 0.4) is 0 Å². The maximum Gasteiger partial charge on any atom is 0.416 e. The van der Waals surface area contributed by atoms with E-state index in [0.717, 1.165) is 71.8 Å². The fourth-order valence-corrected chi connectivity index (χ4v) is 7.42. The number of piperidine rings is 1. The van der Waals surface area contributed by atoms with Gasteiger partial charge in [-0.05, 0) is 70.3 Å². The molecule has 6 rings (SSSR count). The van der Waals surface area contributed by atoms with Crippen LogP contribution in [0.15, 0.2) is 23.0 Å². The molecule has 1 amide bonds. The highest BCUT2D eigenvalue weighted by Gasteiger charge is 2.47. The standard InChI is InChI=1S/C27H27ClF3N7O2S/c1-13-11-26(6-8-32-9-7-26)20-21(13)37(12-19(39)34-18-5-4-16(10-17(18)28)27(29,30)31)25-35-23(36-38(25)24(20)40)22-14(2)33-15(3)41-22/h4-5,10,13,32H,6-9,11-12H2,1-3H3,(H,34,39). The molecule has 1 unspecified atom stereocenters. The number of aromatic nitrogens is 5. The fraction of sp³-hybridized carbons (Fsp3) is 0.444. The molecule has 0 radical (unpaired) electrons. The first kappa shape index (κ1) is 27.9. The van der Waals surface area contributed by atoms with E-state index in [2.05, 4.69) is 20.7 Å². The van der Waals surface area contributed by atoms with Gasteiger partial charge in [0.2, 0.25) is 11.7 Å². The Morgan fingerprint density at radius 1 is 1.24 bits per heavy atom. The van der Waals surface area contributed by atoms with Crippen LogP contribution in [-0.4, -0.2) is 43.1 Å². The number of rotatable bonds is 4. The molecule has 1 aliphatic heterocycles. The van der Waals surface area contributed by atoms with Crippen molar-refractivity contribution in [3.63, 3.8) is 0 Å². The first-order chi connectivity index (χ1) is 19.4. The van der Waals surface area contributed by atoms with Gasteiger partial charge in [-0.15, -0.1) is 16.4 Å². The fourth-order valence-electron chi connectivity index (χ4n) is 6.35. The minimum atomic E-state index is -4.56. The molecule has 1 fully saturated rings. The molecule has 4 aromatic rings. The van der Waals surface area contributed by atoms with E-state index in [1.807, 2.05) is 20.8 Å². The quantitative estimate of drug-likeness (QED) is 0.336. The predicted octanol–water partition coefficient (Wildman–Crippen LogP) is 5.07. The van der Waals surface area contributed by atoms with Crippen LogP contribution < -0.4 is 16.2 Å². The second kappa shape index (κ2) is 9.92. The zero-order valence-corrected chi connectivity index (χ0v) is 24.1. The Labute approximate surface area is 241 Å². The third-order valence-corrected chi connectivity index (χ3v) is 9.40. The Morgan fingerprint density at radius 2 is 1.98 bits per heavy atom. The number of alkyl halides is 3. The van der Waals surface area contributed by atoms with Crippen LogP contribution >= 0.6 is 22.9 Å². The second-order valence-corrected chi connectivity index (χ2v) is 12.4. The topological polar surface area (TPSA) is 106 Å². The highest BCUT2D eigenvalue weighted by atomic mass is 35.5. The summed E-state index contributed by atoms with van der Waals surface area (Å²) in [6.07, 6.45) is -2.23. The molecule has 0 bridgehead atoms. The number of thiazole rings is 1. The van der Waals surface area contributed by atoms with E-state index in [1.54, 1.807) is 4.57 Å². The average Bonchev–Trinajstić information content (AvgIpc) is 3.56. The van der Waals surface area contributed by atoms with Crippen molar-refractivity contribution in [2.45, 2.75) is 64.1 Å². The van der Waals surface area contributed by atoms with Gasteiger partial charge in [0.1, 0.15) is 6.54 Å². The summed E-state index contributed by atoms with van der Waals surface area (Å²) < 4.78 is 42.3. The molecule has 1 spiro atoms. The van der Waals surface area contributed by atoms with Crippen molar-refractivity contribution in [1.82, 2.24) is 29.5 Å². The number of anilines is 1. The van der Waals surface area contributed by atoms with Gasteiger partial charge < -0.3 is 15.2 Å². The Bertz CT molecular complexity index is 1750. The van der Waals surface area contributed by atoms with E-state index in [1.165, 1.54) is 15.9 Å². The van der Waals surface area contributed by atoms with E-state index in [0.29, 0.717) is 11.4 Å². The summed E-state index contributed by atoms with van der Waals surface area (Å²) in [7, 11) is 0. The molecule has 1 aliphatic carbocycles. The molecule has 2 aliphatic rings. The van der Waals surface area contributed by atoms with Crippen LogP contribution in [0.1, 0.15) is 59.6 Å². The zero-order valence-electron chi connectivity index (χ0n) is 22.5. The summed E-state index contributed by atoms with van der Waals surface area (Å²) in [4.78, 5) is 37.4. The first-order valence-electron chi connectivity index (χ1n) is 13.2. The van der Waals surface area contributed by atoms with Crippen LogP contribution in [0.5, 0.6) is 0 Å². The van der Waals surface area contributed by atoms with Crippen LogP contribution in [0.2, 0.25) is 5.02 Å². The van der Waals surface area contributed by atoms with E-state index in [-0.39, 0.29) is 39.9 Å². The van der Waals surface area contributed by atoms with Crippen molar-refractivity contribution < 1.29 is 18.0 Å². The third-order valence-electron chi connectivity index (χ3n) is 8.02. The van der Waals surface area contributed by atoms with Crippen molar-refractivity contribution >= 4 is 40.3 Å². The summed E-state index contributed by atoms with van der Waals surface area (Å²) in [5.41, 5.74) is 0.713. The lowest BCUT2D eigenvalue weighted by molar-refractivity contribution is -0.137. The molecule has 3 aromatic heterocycles. The number of halogens is 4. The largest absolute Gasteiger partial charge is 0.416 e. The van der Waals surface area contributed by atoms with Crippen LogP contribution in [0.25, 0.3) is 16.5 Å². The number of amides is 1. The van der Waals surface area contributed by atoms with Crippen molar-refractivity contribution in [3.05, 3.63) is 61.1 Å². The number of aryl methyl sites for hydroxylation is 2. The van der Waals surface area contributed by atoms with Crippen molar-refractivity contribution in [1.29, 1.82) is 0 Å². The number of fused-ring (bicyclic) bond motifs is 3. The van der Waals surface area contributed by atoms with E-state index in [4.69, 9.17) is 16.6 Å². The Morgan fingerprint density at radius 3 is 2.61 bits per heavy atom. The van der Waals surface area contributed by atoms with Gasteiger partial charge in [-0.1, -0.05) is 18.5 Å². The van der Waals surface area contributed by atoms with Gasteiger partial charge in [0.05, 0.1) is 31.9 Å². The lowest BCUT2D eigenvalue weighted by atomic mass is 9.74. The van der Waals surface area contributed by atoms with Crippen LogP contribution in [0.4, 0.5) is 18.9 Å². The van der Waals surface area contributed by atoms with Gasteiger partial charge in [0.15, 0.2) is 5.82 Å². The van der Waals surface area contributed by atoms with E-state index < -0.39 is 17.6 Å². The number of benzene rings is 1. The van der Waals surface area contributed by atoms with Gasteiger partial charge in [0.25, 0.3) is 5.56 Å². The van der Waals surface area contributed by atoms with E-state index in [9.17, 15) is 22.8 Å². The average molecular weight is 606 g/mol. The molecular weight excluding hydrogens is 579 g/mol. The summed E-state index contributed by atoms with van der Waals surface area (Å²) in [6, 6.07) is 2.77. The van der Waals surface area contributed by atoms with Crippen molar-refractivity contribution in [2.24, 2.45) is 0 Å². The number of nitrogens with zero attached hydrogens (tertiary/aromatic N) is 5. The zero-order chi connectivity index (χ0) is 29.3. The molecule has 14 heteroatoms. The molecule has 1 saturated heterocycles. The van der Waals surface area contributed by atoms with E-state index >= 15 is 0 Å². The third kappa shape index (κ3) is 4.73.